The molecule has 3 nitrogen and oxygen atoms in total. The number of imidazole rings is 1. The molecule has 0 bridgehead atoms. The molecule has 0 saturated carbocycles. The van der Waals surface area contributed by atoms with Crippen LogP contribution in [0, 0.1) is 5.82 Å². The summed E-state index contributed by atoms with van der Waals surface area (Å²) >= 11 is 0. The zero-order valence-electron chi connectivity index (χ0n) is 9.20. The highest BCUT2D eigenvalue weighted by Crippen LogP contribution is 2.26. The molecule has 1 fully saturated rings. The molecule has 84 valence electrons. The molecule has 1 N–H and O–H groups in total. The number of aromatic nitrogens is 2. The lowest BCUT2D eigenvalue weighted by atomic mass is 10.1. The Hall–Kier alpha value is -1.42. The Morgan fingerprint density at radius 1 is 1.50 bits per heavy atom. The van der Waals surface area contributed by atoms with Gasteiger partial charge in [-0.05, 0) is 25.1 Å². The standard InChI is InChI=1S/C12H14FN3/c1-16-10-4-2-3-9(13)11(10)15-12(16)8-5-6-14-7-8/h2-4,8,14H,5-7H2,1H3. The van der Waals surface area contributed by atoms with E-state index in [1.165, 1.54) is 6.07 Å². The lowest BCUT2D eigenvalue weighted by molar-refractivity contribution is 0.635. The molecule has 3 rings (SSSR count). The zero-order valence-corrected chi connectivity index (χ0v) is 9.20. The molecule has 1 unspecified atom stereocenters. The first-order valence-electron chi connectivity index (χ1n) is 5.59. The van der Waals surface area contributed by atoms with Crippen LogP contribution >= 0.6 is 0 Å². The van der Waals surface area contributed by atoms with Crippen LogP contribution in [0.25, 0.3) is 11.0 Å². The summed E-state index contributed by atoms with van der Waals surface area (Å²) in [7, 11) is 1.96. The van der Waals surface area contributed by atoms with E-state index in [-0.39, 0.29) is 5.82 Å². The number of para-hydroxylation sites is 1. The number of halogens is 1. The summed E-state index contributed by atoms with van der Waals surface area (Å²) in [4.78, 5) is 4.44. The Morgan fingerprint density at radius 2 is 2.38 bits per heavy atom. The highest BCUT2D eigenvalue weighted by molar-refractivity contribution is 5.76. The van der Waals surface area contributed by atoms with Gasteiger partial charge < -0.3 is 9.88 Å². The number of rotatable bonds is 1. The van der Waals surface area contributed by atoms with Crippen molar-refractivity contribution in [2.45, 2.75) is 12.3 Å². The molecule has 0 aliphatic carbocycles. The van der Waals surface area contributed by atoms with Gasteiger partial charge >= 0.3 is 0 Å². The summed E-state index contributed by atoms with van der Waals surface area (Å²) in [6.07, 6.45) is 1.08. The second-order valence-corrected chi connectivity index (χ2v) is 4.33. The third kappa shape index (κ3) is 1.33. The summed E-state index contributed by atoms with van der Waals surface area (Å²) in [5.74, 6) is 1.17. The van der Waals surface area contributed by atoms with E-state index in [9.17, 15) is 4.39 Å². The van der Waals surface area contributed by atoms with Gasteiger partial charge in [-0.2, -0.15) is 0 Å². The molecule has 2 heterocycles. The quantitative estimate of drug-likeness (QED) is 0.792. The number of hydrogen-bond acceptors (Lipinski definition) is 2. The third-order valence-electron chi connectivity index (χ3n) is 3.32. The van der Waals surface area contributed by atoms with Gasteiger partial charge in [0.2, 0.25) is 0 Å². The Balaban J connectivity index is 2.18. The van der Waals surface area contributed by atoms with Crippen LogP contribution in [0.4, 0.5) is 4.39 Å². The zero-order chi connectivity index (χ0) is 11.1. The predicted molar refractivity (Wildman–Crippen MR) is 60.9 cm³/mol. The fourth-order valence-electron chi connectivity index (χ4n) is 2.44. The van der Waals surface area contributed by atoms with Gasteiger partial charge in [0.15, 0.2) is 5.82 Å². The highest BCUT2D eigenvalue weighted by Gasteiger charge is 2.22. The van der Waals surface area contributed by atoms with E-state index in [4.69, 9.17) is 0 Å². The van der Waals surface area contributed by atoms with Crippen LogP contribution in [0.3, 0.4) is 0 Å². The summed E-state index contributed by atoms with van der Waals surface area (Å²) < 4.78 is 15.6. The van der Waals surface area contributed by atoms with Crippen molar-refractivity contribution in [1.82, 2.24) is 14.9 Å². The van der Waals surface area contributed by atoms with Crippen LogP contribution < -0.4 is 5.32 Å². The van der Waals surface area contributed by atoms with Crippen LogP contribution in [0.1, 0.15) is 18.2 Å². The molecule has 4 heteroatoms. The van der Waals surface area contributed by atoms with Gasteiger partial charge in [0.05, 0.1) is 5.52 Å². The van der Waals surface area contributed by atoms with E-state index < -0.39 is 0 Å². The third-order valence-corrected chi connectivity index (χ3v) is 3.32. The van der Waals surface area contributed by atoms with E-state index in [1.807, 2.05) is 17.7 Å². The van der Waals surface area contributed by atoms with Gasteiger partial charge in [0.25, 0.3) is 0 Å². The summed E-state index contributed by atoms with van der Waals surface area (Å²) in [6.45, 7) is 1.97. The molecule has 1 aromatic carbocycles. The lowest BCUT2D eigenvalue weighted by Crippen LogP contribution is -2.11. The minimum absolute atomic E-state index is 0.231. The molecule has 2 aromatic rings. The first kappa shape index (κ1) is 9.78. The molecular formula is C12H14FN3. The van der Waals surface area contributed by atoms with Crippen LogP contribution in [0.5, 0.6) is 0 Å². The number of nitrogens with zero attached hydrogens (tertiary/aromatic N) is 2. The second kappa shape index (κ2) is 3.56. The molecule has 0 spiro atoms. The molecule has 16 heavy (non-hydrogen) atoms. The Labute approximate surface area is 93.3 Å². The summed E-state index contributed by atoms with van der Waals surface area (Å²) in [5.41, 5.74) is 1.37. The van der Waals surface area contributed by atoms with E-state index in [1.54, 1.807) is 6.07 Å². The van der Waals surface area contributed by atoms with Crippen molar-refractivity contribution in [3.8, 4) is 0 Å². The van der Waals surface area contributed by atoms with Crippen molar-refractivity contribution in [2.75, 3.05) is 13.1 Å². The molecule has 0 amide bonds. The fraction of sp³-hybridized carbons (Fsp3) is 0.417. The Kier molecular flexibility index (Phi) is 2.17. The normalized spacial score (nSPS) is 20.8. The van der Waals surface area contributed by atoms with Gasteiger partial charge in [-0.15, -0.1) is 0 Å². The molecule has 1 aromatic heterocycles. The van der Waals surface area contributed by atoms with E-state index in [0.717, 1.165) is 30.9 Å². The highest BCUT2D eigenvalue weighted by atomic mass is 19.1. The van der Waals surface area contributed by atoms with Crippen molar-refractivity contribution in [1.29, 1.82) is 0 Å². The van der Waals surface area contributed by atoms with E-state index in [2.05, 4.69) is 10.3 Å². The largest absolute Gasteiger partial charge is 0.331 e. The number of nitrogens with one attached hydrogen (secondary N) is 1. The monoisotopic (exact) mass is 219 g/mol. The van der Waals surface area contributed by atoms with Crippen molar-refractivity contribution in [2.24, 2.45) is 7.05 Å². The smallest absolute Gasteiger partial charge is 0.151 e. The minimum atomic E-state index is -0.231. The van der Waals surface area contributed by atoms with Crippen molar-refractivity contribution >= 4 is 11.0 Å². The topological polar surface area (TPSA) is 29.9 Å². The Bertz CT molecular complexity index is 526. The summed E-state index contributed by atoms with van der Waals surface area (Å²) in [5, 5.41) is 3.31. The van der Waals surface area contributed by atoms with E-state index in [0.29, 0.717) is 11.4 Å². The van der Waals surface area contributed by atoms with Gasteiger partial charge in [-0.1, -0.05) is 6.07 Å². The molecule has 1 saturated heterocycles. The van der Waals surface area contributed by atoms with Gasteiger partial charge in [-0.25, -0.2) is 9.37 Å². The maximum Gasteiger partial charge on any atom is 0.151 e. The predicted octanol–water partition coefficient (Wildman–Crippen LogP) is 1.79. The average molecular weight is 219 g/mol. The first-order valence-corrected chi connectivity index (χ1v) is 5.59. The molecule has 1 aliphatic heterocycles. The van der Waals surface area contributed by atoms with Gasteiger partial charge in [-0.3, -0.25) is 0 Å². The van der Waals surface area contributed by atoms with E-state index >= 15 is 0 Å². The van der Waals surface area contributed by atoms with Gasteiger partial charge in [0.1, 0.15) is 11.3 Å². The van der Waals surface area contributed by atoms with Crippen molar-refractivity contribution < 1.29 is 4.39 Å². The minimum Gasteiger partial charge on any atom is -0.331 e. The second-order valence-electron chi connectivity index (χ2n) is 4.33. The number of hydrogen-bond donors (Lipinski definition) is 1. The summed E-state index contributed by atoms with van der Waals surface area (Å²) in [6, 6.07) is 5.11. The molecule has 1 atom stereocenters. The van der Waals surface area contributed by atoms with Crippen molar-refractivity contribution in [3.05, 3.63) is 29.8 Å². The molecular weight excluding hydrogens is 205 g/mol. The molecule has 1 aliphatic rings. The van der Waals surface area contributed by atoms with Crippen LogP contribution in [0.15, 0.2) is 18.2 Å². The Morgan fingerprint density at radius 3 is 3.06 bits per heavy atom. The number of fused-ring (bicyclic) bond motifs is 1. The maximum atomic E-state index is 13.6. The number of aryl methyl sites for hydroxylation is 1. The maximum absolute atomic E-state index is 13.6. The fourth-order valence-corrected chi connectivity index (χ4v) is 2.44. The first-order chi connectivity index (χ1) is 7.77. The average Bonchev–Trinajstić information content (AvgIpc) is 2.88. The van der Waals surface area contributed by atoms with Crippen LogP contribution in [-0.2, 0) is 7.05 Å². The molecule has 0 radical (unpaired) electrons. The SMILES string of the molecule is Cn1c(C2CCNC2)nc2c(F)cccc21. The van der Waals surface area contributed by atoms with Crippen LogP contribution in [-0.4, -0.2) is 22.6 Å². The van der Waals surface area contributed by atoms with Crippen molar-refractivity contribution in [3.63, 3.8) is 0 Å². The number of benzene rings is 1. The lowest BCUT2D eigenvalue weighted by Gasteiger charge is -2.07. The van der Waals surface area contributed by atoms with Crippen LogP contribution in [0.2, 0.25) is 0 Å². The van der Waals surface area contributed by atoms with Gasteiger partial charge in [0, 0.05) is 19.5 Å².